The fourth-order valence-corrected chi connectivity index (χ4v) is 3.14. The summed E-state index contributed by atoms with van der Waals surface area (Å²) in [6.07, 6.45) is 1.31. The van der Waals surface area contributed by atoms with Crippen LogP contribution < -0.4 is 0 Å². The predicted molar refractivity (Wildman–Crippen MR) is 74.6 cm³/mol. The van der Waals surface area contributed by atoms with Crippen molar-refractivity contribution in [1.29, 1.82) is 0 Å². The van der Waals surface area contributed by atoms with E-state index in [4.69, 9.17) is 4.74 Å². The van der Waals surface area contributed by atoms with Gasteiger partial charge in [-0.2, -0.15) is 0 Å². The molecule has 0 aromatic carbocycles. The molecule has 1 fully saturated rings. The van der Waals surface area contributed by atoms with Crippen LogP contribution in [0.2, 0.25) is 0 Å². The Kier molecular flexibility index (Phi) is 4.69. The summed E-state index contributed by atoms with van der Waals surface area (Å²) in [6.45, 7) is 5.15. The second kappa shape index (κ2) is 6.30. The second-order valence-electron chi connectivity index (χ2n) is 5.23. The zero-order valence-electron chi connectivity index (χ0n) is 12.0. The van der Waals surface area contributed by atoms with Crippen LogP contribution >= 0.6 is 11.5 Å². The smallest absolute Gasteiger partial charge is 0.308 e. The molecule has 0 saturated carbocycles. The fourth-order valence-electron chi connectivity index (χ4n) is 2.35. The number of piperidine rings is 1. The Morgan fingerprint density at radius 2 is 2.00 bits per heavy atom. The van der Waals surface area contributed by atoms with Crippen molar-refractivity contribution in [2.24, 2.45) is 5.92 Å². The number of hydrogen-bond acceptors (Lipinski definition) is 6. The third-order valence-corrected chi connectivity index (χ3v) is 4.30. The first-order valence-corrected chi connectivity index (χ1v) is 7.51. The van der Waals surface area contributed by atoms with Gasteiger partial charge >= 0.3 is 5.97 Å². The molecule has 0 bridgehead atoms. The van der Waals surface area contributed by atoms with E-state index in [0.717, 1.165) is 17.2 Å². The van der Waals surface area contributed by atoms with Crippen LogP contribution in [0.25, 0.3) is 0 Å². The van der Waals surface area contributed by atoms with Crippen molar-refractivity contribution in [3.63, 3.8) is 0 Å². The van der Waals surface area contributed by atoms with Crippen LogP contribution in [0.4, 0.5) is 0 Å². The predicted octanol–water partition coefficient (Wildman–Crippen LogP) is 1.69. The SMILES string of the molecule is COC(=O)C1CCN(C(=O)c2snnc2C(C)C)CC1. The molecule has 0 N–H and O–H groups in total. The highest BCUT2D eigenvalue weighted by Gasteiger charge is 2.30. The molecule has 2 heterocycles. The molecule has 7 heteroatoms. The summed E-state index contributed by atoms with van der Waals surface area (Å²) in [5.41, 5.74) is 0.759. The van der Waals surface area contributed by atoms with Gasteiger partial charge in [-0.15, -0.1) is 5.10 Å². The maximum absolute atomic E-state index is 12.5. The average Bonchev–Trinajstić information content (AvgIpc) is 2.95. The van der Waals surface area contributed by atoms with Gasteiger partial charge in [-0.05, 0) is 30.3 Å². The topological polar surface area (TPSA) is 72.4 Å². The number of rotatable bonds is 3. The summed E-state index contributed by atoms with van der Waals surface area (Å²) in [5.74, 6) is -0.111. The highest BCUT2D eigenvalue weighted by Crippen LogP contribution is 2.24. The first-order valence-electron chi connectivity index (χ1n) is 6.74. The molecule has 0 aliphatic carbocycles. The number of aromatic nitrogens is 2. The van der Waals surface area contributed by atoms with Crippen LogP contribution in [0.15, 0.2) is 0 Å². The van der Waals surface area contributed by atoms with E-state index in [2.05, 4.69) is 9.59 Å². The van der Waals surface area contributed by atoms with Gasteiger partial charge in [0, 0.05) is 13.1 Å². The first kappa shape index (κ1) is 14.9. The monoisotopic (exact) mass is 297 g/mol. The normalized spacial score (nSPS) is 16.5. The van der Waals surface area contributed by atoms with Gasteiger partial charge in [0.05, 0.1) is 18.7 Å². The highest BCUT2D eigenvalue weighted by molar-refractivity contribution is 7.08. The van der Waals surface area contributed by atoms with Crippen LogP contribution in [-0.2, 0) is 9.53 Å². The van der Waals surface area contributed by atoms with Gasteiger partial charge in [-0.1, -0.05) is 18.3 Å². The van der Waals surface area contributed by atoms with Crippen molar-refractivity contribution in [2.45, 2.75) is 32.6 Å². The Hall–Kier alpha value is -1.50. The number of likely N-dealkylation sites (tertiary alicyclic amines) is 1. The molecule has 20 heavy (non-hydrogen) atoms. The van der Waals surface area contributed by atoms with Gasteiger partial charge in [-0.25, -0.2) is 0 Å². The standard InChI is InChI=1S/C13H19N3O3S/c1-8(2)10-11(20-15-14-10)12(17)16-6-4-9(5-7-16)13(18)19-3/h8-9H,4-7H2,1-3H3. The average molecular weight is 297 g/mol. The highest BCUT2D eigenvalue weighted by atomic mass is 32.1. The minimum Gasteiger partial charge on any atom is -0.469 e. The van der Waals surface area contributed by atoms with Gasteiger partial charge in [0.1, 0.15) is 4.88 Å². The van der Waals surface area contributed by atoms with Crippen LogP contribution in [0.5, 0.6) is 0 Å². The minimum atomic E-state index is -0.181. The number of amides is 1. The Labute approximate surface area is 122 Å². The maximum atomic E-state index is 12.5. The number of hydrogen-bond donors (Lipinski definition) is 0. The zero-order valence-corrected chi connectivity index (χ0v) is 12.8. The molecule has 1 aromatic heterocycles. The lowest BCUT2D eigenvalue weighted by molar-refractivity contribution is -0.146. The Balaban J connectivity index is 2.02. The molecule has 6 nitrogen and oxygen atoms in total. The molecule has 0 atom stereocenters. The van der Waals surface area contributed by atoms with E-state index in [1.807, 2.05) is 13.8 Å². The summed E-state index contributed by atoms with van der Waals surface area (Å²) in [6, 6.07) is 0. The van der Waals surface area contributed by atoms with Gasteiger partial charge in [0.2, 0.25) is 0 Å². The van der Waals surface area contributed by atoms with Gasteiger partial charge < -0.3 is 9.64 Å². The lowest BCUT2D eigenvalue weighted by atomic mass is 9.96. The van der Waals surface area contributed by atoms with Crippen molar-refractivity contribution in [3.8, 4) is 0 Å². The fraction of sp³-hybridized carbons (Fsp3) is 0.692. The number of carbonyl (C=O) groups is 2. The van der Waals surface area contributed by atoms with Crippen LogP contribution in [0, 0.1) is 5.92 Å². The Morgan fingerprint density at radius 1 is 1.35 bits per heavy atom. The van der Waals surface area contributed by atoms with E-state index in [9.17, 15) is 9.59 Å². The molecule has 1 aromatic rings. The van der Waals surface area contributed by atoms with E-state index >= 15 is 0 Å². The van der Waals surface area contributed by atoms with Crippen molar-refractivity contribution < 1.29 is 14.3 Å². The molecule has 1 saturated heterocycles. The minimum absolute atomic E-state index is 0.0213. The number of methoxy groups -OCH3 is 1. The third-order valence-electron chi connectivity index (χ3n) is 3.57. The largest absolute Gasteiger partial charge is 0.469 e. The number of ether oxygens (including phenoxy) is 1. The molecular formula is C13H19N3O3S. The van der Waals surface area contributed by atoms with E-state index < -0.39 is 0 Å². The summed E-state index contributed by atoms with van der Waals surface area (Å²) >= 11 is 1.15. The molecule has 2 rings (SSSR count). The van der Waals surface area contributed by atoms with Gasteiger partial charge in [-0.3, -0.25) is 9.59 Å². The second-order valence-corrected chi connectivity index (χ2v) is 5.99. The molecule has 1 amide bonds. The molecule has 0 spiro atoms. The number of carbonyl (C=O) groups excluding carboxylic acids is 2. The molecule has 0 unspecified atom stereocenters. The molecule has 0 radical (unpaired) electrons. The molecular weight excluding hydrogens is 278 g/mol. The van der Waals surface area contributed by atoms with Crippen LogP contribution in [0.1, 0.15) is 48.0 Å². The lowest BCUT2D eigenvalue weighted by Crippen LogP contribution is -2.40. The van der Waals surface area contributed by atoms with Crippen LogP contribution in [0.3, 0.4) is 0 Å². The summed E-state index contributed by atoms with van der Waals surface area (Å²) < 4.78 is 8.63. The van der Waals surface area contributed by atoms with E-state index in [-0.39, 0.29) is 23.7 Å². The van der Waals surface area contributed by atoms with E-state index in [1.165, 1.54) is 7.11 Å². The summed E-state index contributed by atoms with van der Waals surface area (Å²) in [5, 5.41) is 4.03. The summed E-state index contributed by atoms with van der Waals surface area (Å²) in [4.78, 5) is 26.3. The van der Waals surface area contributed by atoms with E-state index in [0.29, 0.717) is 30.8 Å². The van der Waals surface area contributed by atoms with Gasteiger partial charge in [0.15, 0.2) is 0 Å². The van der Waals surface area contributed by atoms with Crippen molar-refractivity contribution in [2.75, 3.05) is 20.2 Å². The first-order chi connectivity index (χ1) is 9.54. The molecule has 1 aliphatic rings. The van der Waals surface area contributed by atoms with Crippen LogP contribution in [-0.4, -0.2) is 46.6 Å². The Morgan fingerprint density at radius 3 is 2.55 bits per heavy atom. The van der Waals surface area contributed by atoms with Gasteiger partial charge in [0.25, 0.3) is 5.91 Å². The lowest BCUT2D eigenvalue weighted by Gasteiger charge is -2.30. The quantitative estimate of drug-likeness (QED) is 0.794. The van der Waals surface area contributed by atoms with Crippen molar-refractivity contribution in [1.82, 2.24) is 14.5 Å². The maximum Gasteiger partial charge on any atom is 0.308 e. The molecule has 1 aliphatic heterocycles. The summed E-state index contributed by atoms with van der Waals surface area (Å²) in [7, 11) is 1.40. The number of nitrogens with zero attached hydrogens (tertiary/aromatic N) is 3. The zero-order chi connectivity index (χ0) is 14.7. The van der Waals surface area contributed by atoms with E-state index in [1.54, 1.807) is 4.90 Å². The third kappa shape index (κ3) is 2.98. The molecule has 110 valence electrons. The van der Waals surface area contributed by atoms with Crippen molar-refractivity contribution in [3.05, 3.63) is 10.6 Å². The Bertz CT molecular complexity index is 493. The van der Waals surface area contributed by atoms with Crippen molar-refractivity contribution >= 4 is 23.4 Å². The number of esters is 1.